The highest BCUT2D eigenvalue weighted by molar-refractivity contribution is 6.35. The maximum atomic E-state index is 12.9. The molecule has 1 heterocycles. The highest BCUT2D eigenvalue weighted by Crippen LogP contribution is 2.30. The van der Waals surface area contributed by atoms with E-state index < -0.39 is 18.2 Å². The van der Waals surface area contributed by atoms with Crippen molar-refractivity contribution in [3.8, 4) is 0 Å². The van der Waals surface area contributed by atoms with E-state index in [4.69, 9.17) is 23.1 Å². The summed E-state index contributed by atoms with van der Waals surface area (Å²) in [6, 6.07) is 13.3. The first-order valence-electron chi connectivity index (χ1n) is 8.75. The number of guanidine groups is 1. The Hall–Kier alpha value is -3.20. The van der Waals surface area contributed by atoms with Crippen molar-refractivity contribution in [2.24, 2.45) is 16.5 Å². The molecule has 0 aliphatic heterocycles. The van der Waals surface area contributed by atoms with Crippen molar-refractivity contribution >= 4 is 40.1 Å². The molecule has 7 N–H and O–H groups in total. The van der Waals surface area contributed by atoms with Crippen LogP contribution in [0.15, 0.2) is 59.7 Å². The summed E-state index contributed by atoms with van der Waals surface area (Å²) in [6.45, 7) is 0. The van der Waals surface area contributed by atoms with Crippen LogP contribution in [0.5, 0.6) is 0 Å². The zero-order valence-electron chi connectivity index (χ0n) is 15.3. The fourth-order valence-corrected chi connectivity index (χ4v) is 3.18. The number of carbonyl (C=O) groups is 1. The minimum atomic E-state index is -1.58. The maximum Gasteiger partial charge on any atom is 0.251 e. The third kappa shape index (κ3) is 5.00. The second-order valence-corrected chi connectivity index (χ2v) is 6.79. The van der Waals surface area contributed by atoms with Crippen LogP contribution in [0.4, 0.5) is 5.82 Å². The van der Waals surface area contributed by atoms with E-state index >= 15 is 0 Å². The predicted octanol–water partition coefficient (Wildman–Crippen LogP) is 1.96. The Balaban J connectivity index is 1.96. The van der Waals surface area contributed by atoms with Crippen molar-refractivity contribution in [1.29, 1.82) is 0 Å². The molecule has 0 fully saturated rings. The molecule has 8 nitrogen and oxygen atoms in total. The number of carbonyl (C=O) groups excluding carboxylic acids is 1. The van der Waals surface area contributed by atoms with Crippen molar-refractivity contribution in [1.82, 2.24) is 10.3 Å². The van der Waals surface area contributed by atoms with Gasteiger partial charge in [-0.25, -0.2) is 4.98 Å². The van der Waals surface area contributed by atoms with Crippen LogP contribution in [0.1, 0.15) is 28.4 Å². The smallest absolute Gasteiger partial charge is 0.251 e. The molecular weight excluding hydrogens is 394 g/mol. The number of hydrogen-bond donors (Lipinski definition) is 5. The van der Waals surface area contributed by atoms with E-state index in [0.717, 1.165) is 5.56 Å². The molecule has 1 atom stereocenters. The first-order chi connectivity index (χ1) is 13.8. The lowest BCUT2D eigenvalue weighted by atomic mass is 10.0. The van der Waals surface area contributed by atoms with E-state index in [1.54, 1.807) is 30.3 Å². The summed E-state index contributed by atoms with van der Waals surface area (Å²) in [7, 11) is 0. The zero-order valence-corrected chi connectivity index (χ0v) is 16.0. The number of aliphatic hydroxyl groups excluding tert-OH is 1. The van der Waals surface area contributed by atoms with Crippen molar-refractivity contribution < 1.29 is 15.0 Å². The molecule has 0 aliphatic rings. The van der Waals surface area contributed by atoms with Crippen molar-refractivity contribution in [3.05, 3.63) is 70.9 Å². The maximum absolute atomic E-state index is 12.9. The molecule has 0 spiro atoms. The summed E-state index contributed by atoms with van der Waals surface area (Å²) in [4.78, 5) is 21.0. The zero-order chi connectivity index (χ0) is 21.0. The number of nitrogens with one attached hydrogen (secondary N) is 1. The molecule has 0 bridgehead atoms. The van der Waals surface area contributed by atoms with Gasteiger partial charge in [-0.2, -0.15) is 4.99 Å². The van der Waals surface area contributed by atoms with E-state index in [2.05, 4.69) is 15.3 Å². The molecule has 29 heavy (non-hydrogen) atoms. The van der Waals surface area contributed by atoms with Crippen LogP contribution >= 0.6 is 11.6 Å². The quantitative estimate of drug-likeness (QED) is 0.237. The Morgan fingerprint density at radius 2 is 1.86 bits per heavy atom. The molecule has 3 rings (SSSR count). The Morgan fingerprint density at radius 3 is 2.52 bits per heavy atom. The fourth-order valence-electron chi connectivity index (χ4n) is 2.96. The normalized spacial score (nSPS) is 12.0. The average Bonchev–Trinajstić information content (AvgIpc) is 2.69. The predicted molar refractivity (Wildman–Crippen MR) is 112 cm³/mol. The number of pyridine rings is 1. The third-order valence-corrected chi connectivity index (χ3v) is 4.57. The number of hydrogen-bond acceptors (Lipinski definition) is 5. The first kappa shape index (κ1) is 20.5. The second kappa shape index (κ2) is 8.87. The number of amides is 1. The highest BCUT2D eigenvalue weighted by atomic mass is 35.5. The lowest BCUT2D eigenvalue weighted by Crippen LogP contribution is -2.31. The number of fused-ring (bicyclic) bond motifs is 1. The third-order valence-electron chi connectivity index (χ3n) is 4.27. The minimum absolute atomic E-state index is 0.0596. The fraction of sp³-hybridized carbons (Fsp3) is 0.150. The molecule has 9 heteroatoms. The van der Waals surface area contributed by atoms with Crippen LogP contribution in [0, 0.1) is 0 Å². The Labute approximate surface area is 171 Å². The van der Waals surface area contributed by atoms with Gasteiger partial charge in [-0.3, -0.25) is 4.79 Å². The van der Waals surface area contributed by atoms with Crippen LogP contribution in [0.2, 0.25) is 5.02 Å². The van der Waals surface area contributed by atoms with Gasteiger partial charge in [0.2, 0.25) is 0 Å². The second-order valence-electron chi connectivity index (χ2n) is 6.38. The average molecular weight is 414 g/mol. The molecule has 0 aliphatic carbocycles. The molecular formula is C20H20ClN5O3. The minimum Gasteiger partial charge on any atom is -0.370 e. The number of halogens is 1. The van der Waals surface area contributed by atoms with Crippen LogP contribution in [0.25, 0.3) is 10.8 Å². The summed E-state index contributed by atoms with van der Waals surface area (Å²) < 4.78 is 0. The van der Waals surface area contributed by atoms with E-state index in [0.29, 0.717) is 21.4 Å². The van der Waals surface area contributed by atoms with Crippen LogP contribution in [0.3, 0.4) is 0 Å². The van der Waals surface area contributed by atoms with Gasteiger partial charge >= 0.3 is 0 Å². The van der Waals surface area contributed by atoms with E-state index in [1.807, 2.05) is 18.2 Å². The van der Waals surface area contributed by atoms with Gasteiger partial charge in [0.1, 0.15) is 0 Å². The Morgan fingerprint density at radius 1 is 1.14 bits per heavy atom. The van der Waals surface area contributed by atoms with Gasteiger partial charge in [0.05, 0.1) is 11.1 Å². The van der Waals surface area contributed by atoms with E-state index in [1.165, 1.54) is 6.20 Å². The summed E-state index contributed by atoms with van der Waals surface area (Å²) in [6.07, 6.45) is -0.205. The Bertz CT molecular complexity index is 1050. The van der Waals surface area contributed by atoms with Crippen LogP contribution in [-0.4, -0.2) is 33.4 Å². The summed E-state index contributed by atoms with van der Waals surface area (Å²) in [5.74, 6) is -0.335. The summed E-state index contributed by atoms with van der Waals surface area (Å²) >= 11 is 6.19. The van der Waals surface area contributed by atoms with Gasteiger partial charge in [-0.15, -0.1) is 0 Å². The van der Waals surface area contributed by atoms with Crippen molar-refractivity contribution in [2.45, 2.75) is 18.8 Å². The first-order valence-corrected chi connectivity index (χ1v) is 9.13. The van der Waals surface area contributed by atoms with Crippen molar-refractivity contribution in [2.75, 3.05) is 0 Å². The number of nitrogens with zero attached hydrogens (tertiary/aromatic N) is 2. The SMILES string of the molecule is NC(N)=Nc1ncc(Cl)c2ccc(C(=O)NC(CC(O)O)c3ccccc3)cc12. The van der Waals surface area contributed by atoms with Gasteiger partial charge in [0, 0.05) is 29.0 Å². The van der Waals surface area contributed by atoms with Gasteiger partial charge in [0.25, 0.3) is 5.91 Å². The number of nitrogens with two attached hydrogens (primary N) is 2. The van der Waals surface area contributed by atoms with Gasteiger partial charge in [-0.1, -0.05) is 48.0 Å². The number of benzene rings is 2. The van der Waals surface area contributed by atoms with Crippen molar-refractivity contribution in [3.63, 3.8) is 0 Å². The number of aromatic nitrogens is 1. The topological polar surface area (TPSA) is 147 Å². The van der Waals surface area contributed by atoms with Crippen LogP contribution < -0.4 is 16.8 Å². The number of rotatable bonds is 6. The number of aliphatic imine (C=N–C) groups is 1. The van der Waals surface area contributed by atoms with E-state index in [9.17, 15) is 15.0 Å². The Kier molecular flexibility index (Phi) is 6.28. The largest absolute Gasteiger partial charge is 0.370 e. The molecule has 3 aromatic rings. The molecule has 1 unspecified atom stereocenters. The lowest BCUT2D eigenvalue weighted by Gasteiger charge is -2.20. The van der Waals surface area contributed by atoms with Gasteiger partial charge < -0.3 is 27.0 Å². The summed E-state index contributed by atoms with van der Waals surface area (Å²) in [5.41, 5.74) is 12.0. The van der Waals surface area contributed by atoms with E-state index in [-0.39, 0.29) is 18.2 Å². The molecule has 2 aromatic carbocycles. The van der Waals surface area contributed by atoms with Gasteiger partial charge in [0.15, 0.2) is 18.1 Å². The molecule has 0 radical (unpaired) electrons. The highest BCUT2D eigenvalue weighted by Gasteiger charge is 2.19. The summed E-state index contributed by atoms with van der Waals surface area (Å²) in [5, 5.41) is 23.2. The molecule has 1 aromatic heterocycles. The molecule has 150 valence electrons. The van der Waals surface area contributed by atoms with Crippen LogP contribution in [-0.2, 0) is 0 Å². The molecule has 1 amide bonds. The molecule has 0 saturated carbocycles. The van der Waals surface area contributed by atoms with Gasteiger partial charge in [-0.05, 0) is 17.7 Å². The monoisotopic (exact) mass is 413 g/mol. The standard InChI is InChI=1S/C20H20ClN5O3/c21-15-10-24-18(26-20(22)23)14-8-12(6-7-13(14)15)19(29)25-16(9-17(27)28)11-4-2-1-3-5-11/h1-8,10,16-17,27-28H,9H2,(H,25,29)(H4,22,23,24,26). The molecule has 0 saturated heterocycles. The lowest BCUT2D eigenvalue weighted by molar-refractivity contribution is -0.0512. The number of aliphatic hydroxyl groups is 2.